The van der Waals surface area contributed by atoms with Gasteiger partial charge in [0, 0.05) is 20.0 Å². The zero-order chi connectivity index (χ0) is 10.1. The first kappa shape index (κ1) is 10.3. The van der Waals surface area contributed by atoms with E-state index in [0.29, 0.717) is 0 Å². The van der Waals surface area contributed by atoms with E-state index in [0.717, 1.165) is 0 Å². The first-order valence-corrected chi connectivity index (χ1v) is 4.09. The van der Waals surface area contributed by atoms with Gasteiger partial charge in [0.1, 0.15) is 0 Å². The van der Waals surface area contributed by atoms with Crippen molar-refractivity contribution in [1.82, 2.24) is 4.90 Å². The predicted molar refractivity (Wildman–Crippen MR) is 40.7 cm³/mol. The van der Waals surface area contributed by atoms with Crippen LogP contribution in [0.5, 0.6) is 0 Å². The fourth-order valence-electron chi connectivity index (χ4n) is 1.46. The number of hydrogen-bond acceptors (Lipinski definition) is 1. The van der Waals surface area contributed by atoms with Crippen LogP contribution in [-0.2, 0) is 4.79 Å². The van der Waals surface area contributed by atoms with Gasteiger partial charge in [0.05, 0.1) is 5.92 Å². The van der Waals surface area contributed by atoms with Crippen molar-refractivity contribution in [2.24, 2.45) is 5.92 Å². The molecule has 1 heterocycles. The van der Waals surface area contributed by atoms with Crippen LogP contribution >= 0.6 is 0 Å². The molecule has 0 aromatic carbocycles. The minimum atomic E-state index is -4.11. The van der Waals surface area contributed by atoms with Gasteiger partial charge >= 0.3 is 6.18 Å². The van der Waals surface area contributed by atoms with E-state index in [-0.39, 0.29) is 31.8 Å². The van der Waals surface area contributed by atoms with Crippen LogP contribution in [-0.4, -0.2) is 30.1 Å². The molecule has 1 aliphatic heterocycles. The number of hydrogen-bond donors (Lipinski definition) is 0. The third kappa shape index (κ3) is 2.60. The van der Waals surface area contributed by atoms with E-state index in [1.165, 1.54) is 4.90 Å². The number of halogens is 3. The minimum absolute atomic E-state index is 0.00472. The zero-order valence-electron chi connectivity index (χ0n) is 7.10. The van der Waals surface area contributed by atoms with Crippen molar-refractivity contribution >= 4 is 5.91 Å². The van der Waals surface area contributed by atoms with Gasteiger partial charge < -0.3 is 4.90 Å². The Labute approximate surface area is 74.7 Å². The molecular weight excluding hydrogens is 183 g/mol. The first-order chi connectivity index (χ1) is 5.91. The van der Waals surface area contributed by atoms with Gasteiger partial charge in [-0.15, -0.1) is 0 Å². The Morgan fingerprint density at radius 3 is 2.08 bits per heavy atom. The smallest absolute Gasteiger partial charge is 0.343 e. The average Bonchev–Trinajstić information content (AvgIpc) is 2.03. The van der Waals surface area contributed by atoms with Gasteiger partial charge in [-0.25, -0.2) is 0 Å². The van der Waals surface area contributed by atoms with Crippen LogP contribution in [0.3, 0.4) is 0 Å². The summed E-state index contributed by atoms with van der Waals surface area (Å²) in [7, 11) is 0. The Balaban J connectivity index is 2.44. The molecule has 2 nitrogen and oxygen atoms in total. The number of carbonyl (C=O) groups is 1. The van der Waals surface area contributed by atoms with Gasteiger partial charge in [0.25, 0.3) is 0 Å². The Bertz CT molecular complexity index is 194. The van der Waals surface area contributed by atoms with Crippen LogP contribution in [0, 0.1) is 12.8 Å². The molecular formula is C8H11F3NO. The highest BCUT2D eigenvalue weighted by Gasteiger charge is 2.41. The molecule has 0 saturated carbocycles. The molecule has 0 atom stereocenters. The normalized spacial score (nSPS) is 20.5. The third-order valence-electron chi connectivity index (χ3n) is 2.31. The summed E-state index contributed by atoms with van der Waals surface area (Å²) in [6, 6.07) is 0. The van der Waals surface area contributed by atoms with E-state index in [4.69, 9.17) is 0 Å². The number of piperidine rings is 1. The third-order valence-corrected chi connectivity index (χ3v) is 2.31. The van der Waals surface area contributed by atoms with Crippen LogP contribution in [0.15, 0.2) is 0 Å². The maximum Gasteiger partial charge on any atom is 0.391 e. The maximum absolute atomic E-state index is 12.2. The van der Waals surface area contributed by atoms with Gasteiger partial charge in [0.15, 0.2) is 0 Å². The molecule has 1 fully saturated rings. The topological polar surface area (TPSA) is 20.3 Å². The molecule has 5 heteroatoms. The summed E-state index contributed by atoms with van der Waals surface area (Å²) in [5.74, 6) is -1.64. The van der Waals surface area contributed by atoms with E-state index in [9.17, 15) is 18.0 Å². The summed E-state index contributed by atoms with van der Waals surface area (Å²) in [6.07, 6.45) is -4.11. The minimum Gasteiger partial charge on any atom is -0.343 e. The number of nitrogens with zero attached hydrogens (tertiary/aromatic N) is 1. The lowest BCUT2D eigenvalue weighted by atomic mass is 9.96. The van der Waals surface area contributed by atoms with Crippen molar-refractivity contribution in [2.45, 2.75) is 19.0 Å². The van der Waals surface area contributed by atoms with E-state index in [1.807, 2.05) is 0 Å². The summed E-state index contributed by atoms with van der Waals surface area (Å²) >= 11 is 0. The van der Waals surface area contributed by atoms with Crippen LogP contribution in [0.2, 0.25) is 0 Å². The molecule has 0 aliphatic carbocycles. The molecule has 1 amide bonds. The molecule has 0 unspecified atom stereocenters. The molecule has 1 rings (SSSR count). The molecule has 0 spiro atoms. The second-order valence-electron chi connectivity index (χ2n) is 3.20. The van der Waals surface area contributed by atoms with Crippen molar-refractivity contribution in [1.29, 1.82) is 0 Å². The highest BCUT2D eigenvalue weighted by molar-refractivity contribution is 5.80. The number of carbonyl (C=O) groups excluding carboxylic acids is 1. The zero-order valence-corrected chi connectivity index (χ0v) is 7.10. The highest BCUT2D eigenvalue weighted by Crippen LogP contribution is 2.33. The van der Waals surface area contributed by atoms with Crippen LogP contribution in [0.25, 0.3) is 0 Å². The number of amides is 1. The van der Waals surface area contributed by atoms with Crippen molar-refractivity contribution in [3.63, 3.8) is 0 Å². The summed E-state index contributed by atoms with van der Waals surface area (Å²) in [5, 5.41) is 0. The fourth-order valence-corrected chi connectivity index (χ4v) is 1.46. The van der Waals surface area contributed by atoms with Crippen molar-refractivity contribution in [3.8, 4) is 0 Å². The first-order valence-electron chi connectivity index (χ1n) is 4.09. The van der Waals surface area contributed by atoms with Crippen LogP contribution in [0.1, 0.15) is 12.8 Å². The molecule has 1 radical (unpaired) electrons. The van der Waals surface area contributed by atoms with Gasteiger partial charge in [0.2, 0.25) is 5.91 Å². The van der Waals surface area contributed by atoms with Crippen molar-refractivity contribution < 1.29 is 18.0 Å². The number of alkyl halides is 3. The van der Waals surface area contributed by atoms with Gasteiger partial charge in [-0.3, -0.25) is 4.79 Å². The summed E-state index contributed by atoms with van der Waals surface area (Å²) in [6.45, 7) is 3.50. The summed E-state index contributed by atoms with van der Waals surface area (Å²) in [4.78, 5) is 12.0. The number of likely N-dealkylation sites (tertiary alicyclic amines) is 1. The van der Waals surface area contributed by atoms with Crippen molar-refractivity contribution in [3.05, 3.63) is 6.92 Å². The Morgan fingerprint density at radius 1 is 1.31 bits per heavy atom. The second-order valence-corrected chi connectivity index (χ2v) is 3.20. The van der Waals surface area contributed by atoms with E-state index >= 15 is 0 Å². The summed E-state index contributed by atoms with van der Waals surface area (Å²) in [5.41, 5.74) is 0. The quantitative estimate of drug-likeness (QED) is 0.573. The molecule has 0 bridgehead atoms. The van der Waals surface area contributed by atoms with Gasteiger partial charge in [-0.05, 0) is 12.8 Å². The highest BCUT2D eigenvalue weighted by atomic mass is 19.4. The van der Waals surface area contributed by atoms with Gasteiger partial charge in [-0.1, -0.05) is 0 Å². The molecule has 1 aliphatic rings. The Hall–Kier alpha value is -0.740. The molecule has 13 heavy (non-hydrogen) atoms. The lowest BCUT2D eigenvalue weighted by Gasteiger charge is -2.32. The monoisotopic (exact) mass is 194 g/mol. The Morgan fingerprint density at radius 2 is 1.77 bits per heavy atom. The molecule has 0 aromatic heterocycles. The molecule has 0 N–H and O–H groups in total. The number of rotatable bonds is 0. The van der Waals surface area contributed by atoms with Crippen LogP contribution < -0.4 is 0 Å². The Kier molecular flexibility index (Phi) is 2.83. The SMILES string of the molecule is [CH2]C(=O)N1CCC(C(F)(F)F)CC1. The maximum atomic E-state index is 12.2. The van der Waals surface area contributed by atoms with E-state index in [1.54, 1.807) is 0 Å². The van der Waals surface area contributed by atoms with E-state index in [2.05, 4.69) is 6.92 Å². The lowest BCUT2D eigenvalue weighted by molar-refractivity contribution is -0.186. The molecule has 0 aromatic rings. The van der Waals surface area contributed by atoms with Crippen LogP contribution in [0.4, 0.5) is 13.2 Å². The van der Waals surface area contributed by atoms with Gasteiger partial charge in [-0.2, -0.15) is 13.2 Å². The second kappa shape index (κ2) is 3.55. The largest absolute Gasteiger partial charge is 0.391 e. The predicted octanol–water partition coefficient (Wildman–Crippen LogP) is 1.62. The molecule has 1 saturated heterocycles. The lowest BCUT2D eigenvalue weighted by Crippen LogP contribution is -2.41. The standard InChI is InChI=1S/C8H11F3NO/c1-6(13)12-4-2-7(3-5-12)8(9,10)11/h7H,1-5H2. The fraction of sp³-hybridized carbons (Fsp3) is 0.750. The molecule has 75 valence electrons. The van der Waals surface area contributed by atoms with E-state index < -0.39 is 12.1 Å². The summed E-state index contributed by atoms with van der Waals surface area (Å²) < 4.78 is 36.5. The average molecular weight is 194 g/mol. The van der Waals surface area contributed by atoms with Crippen molar-refractivity contribution in [2.75, 3.05) is 13.1 Å².